The minimum Gasteiger partial charge on any atom is -0.497 e. The van der Waals surface area contributed by atoms with E-state index in [1.165, 1.54) is 19.3 Å². The van der Waals surface area contributed by atoms with Crippen LogP contribution in [0.3, 0.4) is 0 Å². The summed E-state index contributed by atoms with van der Waals surface area (Å²) < 4.78 is 12.9. The third kappa shape index (κ3) is 5.97. The predicted octanol–water partition coefficient (Wildman–Crippen LogP) is 4.09. The average molecular weight is 463 g/mol. The fraction of sp³-hybridized carbons (Fsp3) is 0.407. The minimum absolute atomic E-state index is 0.0630. The molecule has 0 unspecified atom stereocenters. The van der Waals surface area contributed by atoms with Crippen molar-refractivity contribution >= 4 is 5.91 Å². The smallest absolute Gasteiger partial charge is 0.220 e. The largest absolute Gasteiger partial charge is 0.497 e. The average Bonchev–Trinajstić information content (AvgIpc) is 3.32. The van der Waals surface area contributed by atoms with E-state index in [4.69, 9.17) is 14.6 Å². The van der Waals surface area contributed by atoms with E-state index >= 15 is 0 Å². The summed E-state index contributed by atoms with van der Waals surface area (Å²) in [6.45, 7) is 3.89. The van der Waals surface area contributed by atoms with Gasteiger partial charge in [-0.2, -0.15) is 5.10 Å². The SMILES string of the molecule is COc1ccc(OC)c(-c2nn(-c3ccccc3)cc2CCC(=O)NCCN2CCCCC2)c1. The van der Waals surface area contributed by atoms with E-state index in [1.54, 1.807) is 14.2 Å². The number of methoxy groups -OCH3 is 2. The monoisotopic (exact) mass is 462 g/mol. The number of likely N-dealkylation sites (tertiary alicyclic amines) is 1. The molecule has 0 radical (unpaired) electrons. The van der Waals surface area contributed by atoms with Gasteiger partial charge in [0.2, 0.25) is 5.91 Å². The molecule has 180 valence electrons. The Hall–Kier alpha value is -3.32. The van der Waals surface area contributed by atoms with E-state index in [1.807, 2.05) is 59.4 Å². The molecule has 3 aromatic rings. The molecule has 1 aliphatic rings. The van der Waals surface area contributed by atoms with Crippen LogP contribution in [0.1, 0.15) is 31.2 Å². The summed E-state index contributed by atoms with van der Waals surface area (Å²) in [5.41, 5.74) is 3.59. The summed E-state index contributed by atoms with van der Waals surface area (Å²) in [5.74, 6) is 1.51. The lowest BCUT2D eigenvalue weighted by Gasteiger charge is -2.26. The Kier molecular flexibility index (Phi) is 8.20. The topological polar surface area (TPSA) is 68.6 Å². The van der Waals surface area contributed by atoms with Crippen LogP contribution >= 0.6 is 0 Å². The van der Waals surface area contributed by atoms with Gasteiger partial charge in [0.15, 0.2) is 0 Å². The molecule has 0 bridgehead atoms. The molecule has 0 atom stereocenters. The Morgan fingerprint density at radius 3 is 2.56 bits per heavy atom. The van der Waals surface area contributed by atoms with E-state index in [-0.39, 0.29) is 5.91 Å². The standard InChI is InChI=1S/C27H34N4O3/c1-33-23-12-13-25(34-2)24(19-23)27-21(20-31(29-27)22-9-5-3-6-10-22)11-14-26(32)28-15-18-30-16-7-4-8-17-30/h3,5-6,9-10,12-13,19-20H,4,7-8,11,14-18H2,1-2H3,(H,28,32). The molecule has 4 rings (SSSR count). The molecule has 1 amide bonds. The highest BCUT2D eigenvalue weighted by Crippen LogP contribution is 2.35. The summed E-state index contributed by atoms with van der Waals surface area (Å²) >= 11 is 0. The highest BCUT2D eigenvalue weighted by Gasteiger charge is 2.18. The van der Waals surface area contributed by atoms with E-state index < -0.39 is 0 Å². The number of piperidine rings is 1. The summed E-state index contributed by atoms with van der Waals surface area (Å²) in [4.78, 5) is 15.0. The van der Waals surface area contributed by atoms with Crippen LogP contribution in [0.5, 0.6) is 11.5 Å². The van der Waals surface area contributed by atoms with Crippen LogP contribution in [-0.2, 0) is 11.2 Å². The molecule has 0 saturated carbocycles. The Balaban J connectivity index is 1.50. The number of rotatable bonds is 10. The second kappa shape index (κ2) is 11.7. The minimum atomic E-state index is 0.0630. The molecule has 7 heteroatoms. The van der Waals surface area contributed by atoms with Crippen LogP contribution in [0.2, 0.25) is 0 Å². The number of hydrogen-bond donors (Lipinski definition) is 1. The molecule has 7 nitrogen and oxygen atoms in total. The third-order valence-electron chi connectivity index (χ3n) is 6.29. The van der Waals surface area contributed by atoms with Gasteiger partial charge >= 0.3 is 0 Å². The second-order valence-corrected chi connectivity index (χ2v) is 8.60. The lowest BCUT2D eigenvalue weighted by Crippen LogP contribution is -2.37. The Labute approximate surface area is 201 Å². The molecule has 1 N–H and O–H groups in total. The molecular formula is C27H34N4O3. The normalized spacial score (nSPS) is 14.1. The van der Waals surface area contributed by atoms with Crippen molar-refractivity contribution in [2.45, 2.75) is 32.1 Å². The fourth-order valence-electron chi connectivity index (χ4n) is 4.40. The molecule has 0 aliphatic carbocycles. The van der Waals surface area contributed by atoms with Crippen LogP contribution in [0.25, 0.3) is 16.9 Å². The van der Waals surface area contributed by atoms with E-state index in [2.05, 4.69) is 10.2 Å². The van der Waals surface area contributed by atoms with Crippen molar-refractivity contribution in [2.24, 2.45) is 0 Å². The van der Waals surface area contributed by atoms with Gasteiger partial charge in [0, 0.05) is 31.3 Å². The molecular weight excluding hydrogens is 428 g/mol. The van der Waals surface area contributed by atoms with Crippen molar-refractivity contribution in [3.8, 4) is 28.4 Å². The van der Waals surface area contributed by atoms with Crippen molar-refractivity contribution < 1.29 is 14.3 Å². The molecule has 1 aromatic heterocycles. The number of aromatic nitrogens is 2. The first-order valence-corrected chi connectivity index (χ1v) is 12.0. The summed E-state index contributed by atoms with van der Waals surface area (Å²) in [7, 11) is 3.29. The Morgan fingerprint density at radius 2 is 1.82 bits per heavy atom. The fourth-order valence-corrected chi connectivity index (χ4v) is 4.40. The second-order valence-electron chi connectivity index (χ2n) is 8.60. The number of carbonyl (C=O) groups is 1. The van der Waals surface area contributed by atoms with E-state index in [9.17, 15) is 4.79 Å². The third-order valence-corrected chi connectivity index (χ3v) is 6.29. The zero-order valence-electron chi connectivity index (χ0n) is 20.1. The molecule has 34 heavy (non-hydrogen) atoms. The lowest BCUT2D eigenvalue weighted by atomic mass is 10.0. The number of carbonyl (C=O) groups excluding carboxylic acids is 1. The van der Waals surface area contributed by atoms with E-state index in [0.29, 0.717) is 25.1 Å². The van der Waals surface area contributed by atoms with Gasteiger partial charge in [-0.3, -0.25) is 4.79 Å². The van der Waals surface area contributed by atoms with Crippen LogP contribution in [0, 0.1) is 0 Å². The molecule has 1 fully saturated rings. The zero-order valence-corrected chi connectivity index (χ0v) is 20.1. The summed E-state index contributed by atoms with van der Waals surface area (Å²) in [6.07, 6.45) is 6.83. The first-order chi connectivity index (χ1) is 16.7. The number of ether oxygens (including phenoxy) is 2. The predicted molar refractivity (Wildman–Crippen MR) is 134 cm³/mol. The number of benzene rings is 2. The van der Waals surface area contributed by atoms with Crippen molar-refractivity contribution in [3.63, 3.8) is 0 Å². The lowest BCUT2D eigenvalue weighted by molar-refractivity contribution is -0.121. The molecule has 0 spiro atoms. The zero-order chi connectivity index (χ0) is 23.8. The first kappa shape index (κ1) is 23.8. The summed E-state index contributed by atoms with van der Waals surface area (Å²) in [5, 5.41) is 7.96. The van der Waals surface area contributed by atoms with Gasteiger partial charge < -0.3 is 19.7 Å². The van der Waals surface area contributed by atoms with Crippen molar-refractivity contribution in [1.82, 2.24) is 20.0 Å². The maximum absolute atomic E-state index is 12.6. The van der Waals surface area contributed by atoms with Gasteiger partial charge in [-0.25, -0.2) is 4.68 Å². The molecule has 1 aliphatic heterocycles. The van der Waals surface area contributed by atoms with Gasteiger partial charge in [0.25, 0.3) is 0 Å². The molecule has 1 saturated heterocycles. The Morgan fingerprint density at radius 1 is 1.03 bits per heavy atom. The molecule has 2 aromatic carbocycles. The van der Waals surface area contributed by atoms with Gasteiger partial charge in [-0.05, 0) is 68.2 Å². The van der Waals surface area contributed by atoms with Gasteiger partial charge in [-0.1, -0.05) is 24.6 Å². The number of hydrogen-bond acceptors (Lipinski definition) is 5. The Bertz CT molecular complexity index is 1070. The van der Waals surface area contributed by atoms with Crippen molar-refractivity contribution in [2.75, 3.05) is 40.4 Å². The van der Waals surface area contributed by atoms with Crippen LogP contribution < -0.4 is 14.8 Å². The van der Waals surface area contributed by atoms with Gasteiger partial charge in [0.05, 0.1) is 25.6 Å². The number of para-hydroxylation sites is 1. The van der Waals surface area contributed by atoms with Gasteiger partial charge in [-0.15, -0.1) is 0 Å². The van der Waals surface area contributed by atoms with E-state index in [0.717, 1.165) is 47.9 Å². The maximum atomic E-state index is 12.6. The molecule has 2 heterocycles. The van der Waals surface area contributed by atoms with Gasteiger partial charge in [0.1, 0.15) is 11.5 Å². The van der Waals surface area contributed by atoms with Crippen LogP contribution in [0.15, 0.2) is 54.7 Å². The number of aryl methyl sites for hydroxylation is 1. The number of nitrogens with one attached hydrogen (secondary N) is 1. The van der Waals surface area contributed by atoms with Crippen molar-refractivity contribution in [3.05, 3.63) is 60.3 Å². The highest BCUT2D eigenvalue weighted by molar-refractivity contribution is 5.77. The summed E-state index contributed by atoms with van der Waals surface area (Å²) in [6, 6.07) is 15.6. The maximum Gasteiger partial charge on any atom is 0.220 e. The van der Waals surface area contributed by atoms with Crippen LogP contribution in [0.4, 0.5) is 0 Å². The van der Waals surface area contributed by atoms with Crippen LogP contribution in [-0.4, -0.2) is 61.0 Å². The highest BCUT2D eigenvalue weighted by atomic mass is 16.5. The quantitative estimate of drug-likeness (QED) is 0.492. The first-order valence-electron chi connectivity index (χ1n) is 12.0. The number of nitrogens with zero attached hydrogens (tertiary/aromatic N) is 3. The number of amides is 1. The van der Waals surface area contributed by atoms with Crippen molar-refractivity contribution in [1.29, 1.82) is 0 Å².